The highest BCUT2D eigenvalue weighted by molar-refractivity contribution is 7.14. The number of amides is 1. The Kier molecular flexibility index (Phi) is 3.61. The van der Waals surface area contributed by atoms with Crippen molar-refractivity contribution in [3.05, 3.63) is 21.9 Å². The molecule has 1 amide bonds. The van der Waals surface area contributed by atoms with Crippen molar-refractivity contribution in [2.75, 3.05) is 13.6 Å². The molecule has 1 aromatic heterocycles. The second-order valence-electron chi connectivity index (χ2n) is 4.42. The number of thiophene rings is 1. The maximum absolute atomic E-state index is 11.4. The van der Waals surface area contributed by atoms with E-state index < -0.39 is 0 Å². The summed E-state index contributed by atoms with van der Waals surface area (Å²) in [4.78, 5) is 13.5. The van der Waals surface area contributed by atoms with Crippen LogP contribution in [0.2, 0.25) is 0 Å². The van der Waals surface area contributed by atoms with Crippen LogP contribution in [0.1, 0.15) is 40.4 Å². The lowest BCUT2D eigenvalue weighted by atomic mass is 9.96. The van der Waals surface area contributed by atoms with Gasteiger partial charge < -0.3 is 10.6 Å². The summed E-state index contributed by atoms with van der Waals surface area (Å²) >= 11 is 1.60. The summed E-state index contributed by atoms with van der Waals surface area (Å²) in [5.74, 6) is 0.787. The zero-order valence-electron chi connectivity index (χ0n) is 9.75. The third kappa shape index (κ3) is 2.44. The van der Waals surface area contributed by atoms with Crippen LogP contribution >= 0.6 is 11.3 Å². The van der Waals surface area contributed by atoms with Crippen molar-refractivity contribution in [3.8, 4) is 0 Å². The standard InChI is InChI=1S/C12H18N2OS/c1-8-3-4-9(14-7-8)10-5-6-11(16-10)12(15)13-2/h5-6,8-9,14H,3-4,7H2,1-2H3,(H,13,15)/t8-,9+/m1/s1. The third-order valence-electron chi connectivity index (χ3n) is 3.08. The number of hydrogen-bond donors (Lipinski definition) is 2. The summed E-state index contributed by atoms with van der Waals surface area (Å²) < 4.78 is 0. The van der Waals surface area contributed by atoms with E-state index in [-0.39, 0.29) is 5.91 Å². The number of nitrogens with one attached hydrogen (secondary N) is 2. The first-order chi connectivity index (χ1) is 7.70. The predicted molar refractivity (Wildman–Crippen MR) is 66.9 cm³/mol. The maximum atomic E-state index is 11.4. The molecule has 0 spiro atoms. The molecule has 0 aromatic carbocycles. The number of hydrogen-bond acceptors (Lipinski definition) is 3. The van der Waals surface area contributed by atoms with E-state index in [1.807, 2.05) is 6.07 Å². The summed E-state index contributed by atoms with van der Waals surface area (Å²) in [6, 6.07) is 4.43. The molecule has 2 N–H and O–H groups in total. The lowest BCUT2D eigenvalue weighted by Crippen LogP contribution is -2.31. The first kappa shape index (κ1) is 11.6. The second-order valence-corrected chi connectivity index (χ2v) is 5.54. The summed E-state index contributed by atoms with van der Waals surface area (Å²) in [7, 11) is 1.67. The predicted octanol–water partition coefficient (Wildman–Crippen LogP) is 2.17. The van der Waals surface area contributed by atoms with E-state index in [4.69, 9.17) is 0 Å². The third-order valence-corrected chi connectivity index (χ3v) is 4.28. The second kappa shape index (κ2) is 4.97. The van der Waals surface area contributed by atoms with Crippen molar-refractivity contribution >= 4 is 17.2 Å². The summed E-state index contributed by atoms with van der Waals surface area (Å²) in [5.41, 5.74) is 0. The first-order valence-corrected chi connectivity index (χ1v) is 6.57. The van der Waals surface area contributed by atoms with Gasteiger partial charge in [0, 0.05) is 18.0 Å². The minimum Gasteiger partial charge on any atom is -0.354 e. The maximum Gasteiger partial charge on any atom is 0.261 e. The van der Waals surface area contributed by atoms with Crippen molar-refractivity contribution in [1.82, 2.24) is 10.6 Å². The van der Waals surface area contributed by atoms with Crippen molar-refractivity contribution in [2.45, 2.75) is 25.8 Å². The molecule has 4 heteroatoms. The molecule has 0 bridgehead atoms. The topological polar surface area (TPSA) is 41.1 Å². The fraction of sp³-hybridized carbons (Fsp3) is 0.583. The van der Waals surface area contributed by atoms with E-state index in [0.717, 1.165) is 17.3 Å². The van der Waals surface area contributed by atoms with Crippen LogP contribution in [0.15, 0.2) is 12.1 Å². The van der Waals surface area contributed by atoms with Gasteiger partial charge >= 0.3 is 0 Å². The van der Waals surface area contributed by atoms with E-state index in [1.54, 1.807) is 18.4 Å². The lowest BCUT2D eigenvalue weighted by Gasteiger charge is -2.26. The van der Waals surface area contributed by atoms with E-state index in [2.05, 4.69) is 23.6 Å². The summed E-state index contributed by atoms with van der Waals surface area (Å²) in [6.07, 6.45) is 2.44. The first-order valence-electron chi connectivity index (χ1n) is 5.76. The van der Waals surface area contributed by atoms with Gasteiger partial charge in [-0.2, -0.15) is 0 Å². The number of piperidine rings is 1. The molecule has 0 aliphatic carbocycles. The van der Waals surface area contributed by atoms with E-state index in [9.17, 15) is 4.79 Å². The molecule has 88 valence electrons. The quantitative estimate of drug-likeness (QED) is 0.829. The fourth-order valence-corrected chi connectivity index (χ4v) is 3.09. The van der Waals surface area contributed by atoms with Crippen LogP contribution in [0.25, 0.3) is 0 Å². The Morgan fingerprint density at radius 1 is 1.50 bits per heavy atom. The van der Waals surface area contributed by atoms with Gasteiger partial charge in [-0.3, -0.25) is 4.79 Å². The van der Waals surface area contributed by atoms with E-state index in [0.29, 0.717) is 6.04 Å². The SMILES string of the molecule is CNC(=O)c1ccc([C@@H]2CC[C@@H](C)CN2)s1. The minimum atomic E-state index is 0.0143. The molecule has 2 heterocycles. The molecular formula is C12H18N2OS. The van der Waals surface area contributed by atoms with Gasteiger partial charge in [-0.05, 0) is 37.4 Å². The zero-order valence-corrected chi connectivity index (χ0v) is 10.6. The molecule has 1 aliphatic rings. The van der Waals surface area contributed by atoms with Crippen LogP contribution in [0, 0.1) is 5.92 Å². The van der Waals surface area contributed by atoms with E-state index >= 15 is 0 Å². The Bertz CT molecular complexity index is 367. The molecular weight excluding hydrogens is 220 g/mol. The molecule has 1 fully saturated rings. The van der Waals surface area contributed by atoms with Crippen LogP contribution in [0.4, 0.5) is 0 Å². The summed E-state index contributed by atoms with van der Waals surface area (Å²) in [6.45, 7) is 3.35. The number of carbonyl (C=O) groups is 1. The molecule has 2 rings (SSSR count). The molecule has 0 unspecified atom stereocenters. The van der Waals surface area contributed by atoms with Crippen molar-refractivity contribution < 1.29 is 4.79 Å². The van der Waals surface area contributed by atoms with Gasteiger partial charge in [0.05, 0.1) is 4.88 Å². The highest BCUT2D eigenvalue weighted by Crippen LogP contribution is 2.30. The van der Waals surface area contributed by atoms with Crippen LogP contribution in [-0.2, 0) is 0 Å². The van der Waals surface area contributed by atoms with Gasteiger partial charge in [0.1, 0.15) is 0 Å². The van der Waals surface area contributed by atoms with Crippen LogP contribution < -0.4 is 10.6 Å². The Labute approximate surface area is 100 Å². The van der Waals surface area contributed by atoms with E-state index in [1.165, 1.54) is 17.7 Å². The lowest BCUT2D eigenvalue weighted by molar-refractivity contribution is 0.0967. The van der Waals surface area contributed by atoms with Crippen LogP contribution in [0.5, 0.6) is 0 Å². The number of rotatable bonds is 2. The normalized spacial score (nSPS) is 25.4. The summed E-state index contributed by atoms with van der Waals surface area (Å²) in [5, 5.41) is 6.19. The van der Waals surface area contributed by atoms with Crippen molar-refractivity contribution in [3.63, 3.8) is 0 Å². The van der Waals surface area contributed by atoms with Crippen LogP contribution in [-0.4, -0.2) is 19.5 Å². The Hall–Kier alpha value is -0.870. The van der Waals surface area contributed by atoms with Crippen molar-refractivity contribution in [1.29, 1.82) is 0 Å². The minimum absolute atomic E-state index is 0.0143. The smallest absolute Gasteiger partial charge is 0.261 e. The molecule has 0 radical (unpaired) electrons. The average Bonchev–Trinajstić information content (AvgIpc) is 2.78. The van der Waals surface area contributed by atoms with Gasteiger partial charge in [-0.1, -0.05) is 6.92 Å². The highest BCUT2D eigenvalue weighted by Gasteiger charge is 2.21. The van der Waals surface area contributed by atoms with Gasteiger partial charge in [-0.25, -0.2) is 0 Å². The number of carbonyl (C=O) groups excluding carboxylic acids is 1. The molecule has 16 heavy (non-hydrogen) atoms. The average molecular weight is 238 g/mol. The Morgan fingerprint density at radius 3 is 2.94 bits per heavy atom. The fourth-order valence-electron chi connectivity index (χ4n) is 2.03. The van der Waals surface area contributed by atoms with Gasteiger partial charge in [-0.15, -0.1) is 11.3 Å². The molecule has 3 nitrogen and oxygen atoms in total. The Balaban J connectivity index is 2.04. The van der Waals surface area contributed by atoms with Crippen LogP contribution in [0.3, 0.4) is 0 Å². The van der Waals surface area contributed by atoms with Gasteiger partial charge in [0.25, 0.3) is 5.91 Å². The molecule has 1 saturated heterocycles. The zero-order chi connectivity index (χ0) is 11.5. The largest absolute Gasteiger partial charge is 0.354 e. The molecule has 0 saturated carbocycles. The molecule has 1 aliphatic heterocycles. The molecule has 2 atom stereocenters. The highest BCUT2D eigenvalue weighted by atomic mass is 32.1. The molecule has 1 aromatic rings. The van der Waals surface area contributed by atoms with Crippen molar-refractivity contribution in [2.24, 2.45) is 5.92 Å². The Morgan fingerprint density at radius 2 is 2.31 bits per heavy atom. The monoisotopic (exact) mass is 238 g/mol. The van der Waals surface area contributed by atoms with Gasteiger partial charge in [0.2, 0.25) is 0 Å². The van der Waals surface area contributed by atoms with Gasteiger partial charge in [0.15, 0.2) is 0 Å².